The zero-order chi connectivity index (χ0) is 25.3. The number of aromatic nitrogens is 1. The van der Waals surface area contributed by atoms with E-state index in [2.05, 4.69) is 10.3 Å². The van der Waals surface area contributed by atoms with E-state index >= 15 is 0 Å². The third-order valence-electron chi connectivity index (χ3n) is 5.05. The number of rotatable bonds is 10. The van der Waals surface area contributed by atoms with Gasteiger partial charge < -0.3 is 15.4 Å². The van der Waals surface area contributed by atoms with Crippen molar-refractivity contribution in [2.45, 2.75) is 37.9 Å². The highest BCUT2D eigenvalue weighted by Gasteiger charge is 2.30. The molecule has 0 spiro atoms. The van der Waals surface area contributed by atoms with Crippen LogP contribution < -0.4 is 11.1 Å². The molecule has 1 heterocycles. The van der Waals surface area contributed by atoms with Crippen molar-refractivity contribution in [3.8, 4) is 0 Å². The molecule has 0 unspecified atom stereocenters. The van der Waals surface area contributed by atoms with E-state index < -0.39 is 29.7 Å². The molecule has 2 aromatic rings. The highest BCUT2D eigenvalue weighted by atomic mass is 35.5. The normalized spacial score (nSPS) is 12.2. The summed E-state index contributed by atoms with van der Waals surface area (Å²) in [7, 11) is 1.55. The fourth-order valence-electron chi connectivity index (χ4n) is 3.05. The summed E-state index contributed by atoms with van der Waals surface area (Å²) in [5, 5.41) is 2.21. The molecular formula is C22H25ClF4N4O3. The van der Waals surface area contributed by atoms with E-state index in [1.807, 2.05) is 0 Å². The molecule has 0 aliphatic rings. The van der Waals surface area contributed by atoms with E-state index in [1.54, 1.807) is 13.1 Å². The number of pyridine rings is 1. The number of nitrogens with two attached hydrogens (primary N) is 1. The lowest BCUT2D eigenvalue weighted by Gasteiger charge is -2.28. The molecule has 1 aromatic carbocycles. The van der Waals surface area contributed by atoms with Crippen LogP contribution in [0.25, 0.3) is 0 Å². The van der Waals surface area contributed by atoms with E-state index in [0.717, 1.165) is 12.1 Å². The molecule has 186 valence electrons. The van der Waals surface area contributed by atoms with E-state index in [0.29, 0.717) is 31.1 Å². The van der Waals surface area contributed by atoms with Crippen LogP contribution in [0.3, 0.4) is 0 Å². The molecule has 3 N–H and O–H groups in total. The molecule has 0 bridgehead atoms. The van der Waals surface area contributed by atoms with Gasteiger partial charge in [-0.2, -0.15) is 13.2 Å². The number of anilines is 1. The standard InChI is InChI=1S/C22H25ClF4N4O3/c1-31(19(32)10-7-14-4-2-6-17(24)20(14)23)16(5-3-11-28)13-34-21(33)30-18-9-8-15(12-29-18)22(25,26)27/h2,4,6,8-9,12,16H,3,5,7,10-11,13,28H2,1H3,(H,29,30,33)/t16-/m0/s1. The molecule has 1 atom stereocenters. The molecule has 7 nitrogen and oxygen atoms in total. The van der Waals surface area contributed by atoms with Gasteiger partial charge in [0.1, 0.15) is 18.2 Å². The zero-order valence-corrected chi connectivity index (χ0v) is 19.1. The predicted octanol–water partition coefficient (Wildman–Crippen LogP) is 4.64. The third kappa shape index (κ3) is 8.14. The largest absolute Gasteiger partial charge is 0.447 e. The van der Waals surface area contributed by atoms with Gasteiger partial charge in [0.05, 0.1) is 16.6 Å². The second-order valence-electron chi connectivity index (χ2n) is 7.46. The molecule has 2 amide bonds. The second kappa shape index (κ2) is 12.5. The minimum atomic E-state index is -4.54. The highest BCUT2D eigenvalue weighted by molar-refractivity contribution is 6.31. The number of benzene rings is 1. The maximum Gasteiger partial charge on any atom is 0.417 e. The fraction of sp³-hybridized carbons (Fsp3) is 0.409. The Kier molecular flexibility index (Phi) is 10.1. The Morgan fingerprint density at radius 2 is 2.00 bits per heavy atom. The second-order valence-corrected chi connectivity index (χ2v) is 7.83. The van der Waals surface area contributed by atoms with Crippen molar-refractivity contribution < 1.29 is 31.9 Å². The van der Waals surface area contributed by atoms with E-state index in [4.69, 9.17) is 22.1 Å². The molecule has 12 heteroatoms. The van der Waals surface area contributed by atoms with Crippen molar-refractivity contribution in [2.75, 3.05) is 25.5 Å². The van der Waals surface area contributed by atoms with Crippen molar-refractivity contribution in [3.63, 3.8) is 0 Å². The van der Waals surface area contributed by atoms with Crippen LogP contribution in [0, 0.1) is 5.82 Å². The van der Waals surface area contributed by atoms with Crippen molar-refractivity contribution in [2.24, 2.45) is 5.73 Å². The number of aryl methyl sites for hydroxylation is 1. The number of amides is 2. The van der Waals surface area contributed by atoms with Crippen molar-refractivity contribution in [1.29, 1.82) is 0 Å². The van der Waals surface area contributed by atoms with E-state index in [-0.39, 0.29) is 36.2 Å². The summed E-state index contributed by atoms with van der Waals surface area (Å²) in [6, 6.07) is 5.66. The van der Waals surface area contributed by atoms with Gasteiger partial charge >= 0.3 is 12.3 Å². The van der Waals surface area contributed by atoms with E-state index in [9.17, 15) is 27.2 Å². The summed E-state index contributed by atoms with van der Waals surface area (Å²) in [5.41, 5.74) is 5.11. The lowest BCUT2D eigenvalue weighted by atomic mass is 10.1. The Morgan fingerprint density at radius 3 is 2.62 bits per heavy atom. The summed E-state index contributed by atoms with van der Waals surface area (Å²) in [5.74, 6) is -0.952. The Labute approximate surface area is 199 Å². The smallest absolute Gasteiger partial charge is 0.417 e. The van der Waals surface area contributed by atoms with Crippen LogP contribution in [0.15, 0.2) is 36.5 Å². The lowest BCUT2D eigenvalue weighted by Crippen LogP contribution is -2.41. The summed E-state index contributed by atoms with van der Waals surface area (Å²) in [6.45, 7) is 0.189. The number of likely N-dealkylation sites (N-methyl/N-ethyl adjacent to an activating group) is 1. The molecule has 0 fully saturated rings. The first-order chi connectivity index (χ1) is 16.0. The molecule has 0 aliphatic heterocycles. The number of hydrogen-bond donors (Lipinski definition) is 2. The molecule has 0 aliphatic carbocycles. The summed E-state index contributed by atoms with van der Waals surface area (Å²) in [6.07, 6.45) is -3.59. The third-order valence-corrected chi connectivity index (χ3v) is 5.47. The van der Waals surface area contributed by atoms with E-state index in [1.165, 1.54) is 17.0 Å². The van der Waals surface area contributed by atoms with Crippen molar-refractivity contribution in [3.05, 3.63) is 58.5 Å². The quantitative estimate of drug-likeness (QED) is 0.459. The maximum absolute atomic E-state index is 13.6. The van der Waals surface area contributed by atoms with Gasteiger partial charge in [0, 0.05) is 19.7 Å². The predicted molar refractivity (Wildman–Crippen MR) is 119 cm³/mol. The van der Waals surface area contributed by atoms with Crippen LogP contribution in [0.1, 0.15) is 30.4 Å². The zero-order valence-electron chi connectivity index (χ0n) is 18.4. The van der Waals surface area contributed by atoms with Gasteiger partial charge in [-0.1, -0.05) is 23.7 Å². The van der Waals surface area contributed by atoms with Gasteiger partial charge in [-0.3, -0.25) is 10.1 Å². The Bertz CT molecular complexity index is 974. The van der Waals surface area contributed by atoms with Gasteiger partial charge in [0.2, 0.25) is 5.91 Å². The van der Waals surface area contributed by atoms with Crippen LogP contribution in [-0.4, -0.2) is 48.1 Å². The molecule has 34 heavy (non-hydrogen) atoms. The number of alkyl halides is 3. The summed E-state index contributed by atoms with van der Waals surface area (Å²) >= 11 is 5.93. The summed E-state index contributed by atoms with van der Waals surface area (Å²) in [4.78, 5) is 29.7. The molecule has 0 saturated heterocycles. The van der Waals surface area contributed by atoms with Gasteiger partial charge in [0.25, 0.3) is 0 Å². The molecule has 0 saturated carbocycles. The molecular weight excluding hydrogens is 480 g/mol. The number of nitrogens with one attached hydrogen (secondary N) is 1. The number of ether oxygens (including phenoxy) is 1. The monoisotopic (exact) mass is 504 g/mol. The first-order valence-corrected chi connectivity index (χ1v) is 10.8. The topological polar surface area (TPSA) is 97.5 Å². The molecule has 1 aromatic heterocycles. The average Bonchev–Trinajstić information content (AvgIpc) is 2.79. The van der Waals surface area contributed by atoms with Crippen LogP contribution in [0.4, 0.5) is 28.2 Å². The minimum absolute atomic E-state index is 0.0329. The van der Waals surface area contributed by atoms with Gasteiger partial charge in [-0.05, 0) is 49.6 Å². The molecule has 0 radical (unpaired) electrons. The number of carbonyl (C=O) groups is 2. The average molecular weight is 505 g/mol. The van der Waals surface area contributed by atoms with Crippen molar-refractivity contribution >= 4 is 29.4 Å². The number of nitrogens with zero attached hydrogens (tertiary/aromatic N) is 2. The SMILES string of the molecule is CN(C(=O)CCc1cccc(F)c1Cl)[C@@H](CCCN)COC(=O)Nc1ccc(C(F)(F)F)cn1. The van der Waals surface area contributed by atoms with Gasteiger partial charge in [-0.15, -0.1) is 0 Å². The van der Waals surface area contributed by atoms with Crippen molar-refractivity contribution in [1.82, 2.24) is 9.88 Å². The molecule has 2 rings (SSSR count). The summed E-state index contributed by atoms with van der Waals surface area (Å²) < 4.78 is 56.6. The van der Waals surface area contributed by atoms with Crippen LogP contribution in [0.5, 0.6) is 0 Å². The first-order valence-electron chi connectivity index (χ1n) is 10.4. The highest BCUT2D eigenvalue weighted by Crippen LogP contribution is 2.28. The van der Waals surface area contributed by atoms with Gasteiger partial charge in [0.15, 0.2) is 0 Å². The first kappa shape index (κ1) is 27.3. The van der Waals surface area contributed by atoms with Crippen LogP contribution >= 0.6 is 11.6 Å². The maximum atomic E-state index is 13.6. The number of halogens is 5. The van der Waals surface area contributed by atoms with Crippen LogP contribution in [-0.2, 0) is 22.1 Å². The Hall–Kier alpha value is -2.92. The minimum Gasteiger partial charge on any atom is -0.447 e. The van der Waals surface area contributed by atoms with Crippen LogP contribution in [0.2, 0.25) is 5.02 Å². The Balaban J connectivity index is 1.92. The van der Waals surface area contributed by atoms with Gasteiger partial charge in [-0.25, -0.2) is 14.2 Å². The fourth-order valence-corrected chi connectivity index (χ4v) is 3.27. The number of carbonyl (C=O) groups excluding carboxylic acids is 2. The number of hydrogen-bond acceptors (Lipinski definition) is 5. The Morgan fingerprint density at radius 1 is 1.26 bits per heavy atom. The lowest BCUT2D eigenvalue weighted by molar-refractivity contribution is -0.137.